The van der Waals surface area contributed by atoms with Crippen LogP contribution in [-0.4, -0.2) is 17.6 Å². The molecule has 0 amide bonds. The number of aldehydes is 1. The molecule has 1 aromatic heterocycles. The van der Waals surface area contributed by atoms with E-state index in [9.17, 15) is 18.0 Å². The molecule has 0 saturated carbocycles. The van der Waals surface area contributed by atoms with Gasteiger partial charge in [-0.25, -0.2) is 4.98 Å². The molecule has 0 fully saturated rings. The lowest BCUT2D eigenvalue weighted by Crippen LogP contribution is -2.19. The number of ether oxygens (including phenoxy) is 1. The summed E-state index contributed by atoms with van der Waals surface area (Å²) in [4.78, 5) is 14.2. The van der Waals surface area contributed by atoms with Crippen LogP contribution in [0.15, 0.2) is 6.07 Å². The van der Waals surface area contributed by atoms with Crippen LogP contribution >= 0.6 is 0 Å². The largest absolute Gasteiger partial charge is 0.573 e. The molecule has 88 valence electrons. The first kappa shape index (κ1) is 12.4. The third kappa shape index (κ3) is 2.93. The second kappa shape index (κ2) is 4.48. The average molecular weight is 234 g/mol. The molecule has 1 heterocycles. The van der Waals surface area contributed by atoms with Crippen LogP contribution in [0.3, 0.4) is 0 Å². The summed E-state index contributed by atoms with van der Waals surface area (Å²) in [5.41, 5.74) is 5.71. The number of aryl methyl sites for hydroxylation is 1. The Morgan fingerprint density at radius 3 is 2.62 bits per heavy atom. The van der Waals surface area contributed by atoms with Gasteiger partial charge < -0.3 is 10.5 Å². The van der Waals surface area contributed by atoms with Gasteiger partial charge in [-0.1, -0.05) is 0 Å². The van der Waals surface area contributed by atoms with E-state index in [1.54, 1.807) is 6.92 Å². The van der Waals surface area contributed by atoms with Gasteiger partial charge in [0.1, 0.15) is 5.69 Å². The number of hydrogen-bond donors (Lipinski definition) is 1. The smallest absolute Gasteiger partial charge is 0.403 e. The summed E-state index contributed by atoms with van der Waals surface area (Å²) in [5.74, 6) is -0.631. The number of rotatable bonds is 3. The van der Waals surface area contributed by atoms with Crippen LogP contribution in [0.4, 0.5) is 13.2 Å². The molecule has 0 aliphatic heterocycles. The van der Waals surface area contributed by atoms with Gasteiger partial charge in [-0.3, -0.25) is 4.79 Å². The fourth-order valence-electron chi connectivity index (χ4n) is 1.14. The van der Waals surface area contributed by atoms with Crippen LogP contribution in [0.1, 0.15) is 21.7 Å². The summed E-state index contributed by atoms with van der Waals surface area (Å²) >= 11 is 0. The fraction of sp³-hybridized carbons (Fsp3) is 0.333. The first-order valence-corrected chi connectivity index (χ1v) is 4.29. The molecular formula is C9H9F3N2O2. The van der Waals surface area contributed by atoms with Gasteiger partial charge in [-0.05, 0) is 18.6 Å². The topological polar surface area (TPSA) is 65.2 Å². The summed E-state index contributed by atoms with van der Waals surface area (Å²) in [5, 5.41) is 0. The minimum absolute atomic E-state index is 0.0200. The highest BCUT2D eigenvalue weighted by Crippen LogP contribution is 2.26. The maximum Gasteiger partial charge on any atom is 0.573 e. The summed E-state index contributed by atoms with van der Waals surface area (Å²) < 4.78 is 39.7. The number of halogens is 3. The van der Waals surface area contributed by atoms with Crippen molar-refractivity contribution in [3.8, 4) is 5.75 Å². The van der Waals surface area contributed by atoms with E-state index in [0.717, 1.165) is 6.07 Å². The van der Waals surface area contributed by atoms with Crippen LogP contribution < -0.4 is 10.5 Å². The zero-order valence-corrected chi connectivity index (χ0v) is 8.34. The SMILES string of the molecule is Cc1nc(C=O)c(OC(F)(F)F)cc1CN. The van der Waals surface area contributed by atoms with Crippen molar-refractivity contribution in [2.24, 2.45) is 5.73 Å². The van der Waals surface area contributed by atoms with Crippen LogP contribution in [0.5, 0.6) is 5.75 Å². The zero-order valence-electron chi connectivity index (χ0n) is 8.34. The average Bonchev–Trinajstić information content (AvgIpc) is 2.18. The highest BCUT2D eigenvalue weighted by Gasteiger charge is 2.32. The van der Waals surface area contributed by atoms with Crippen LogP contribution in [0.25, 0.3) is 0 Å². The number of hydrogen-bond acceptors (Lipinski definition) is 4. The Kier molecular flexibility index (Phi) is 3.48. The molecule has 0 saturated heterocycles. The highest BCUT2D eigenvalue weighted by atomic mass is 19.4. The molecule has 0 unspecified atom stereocenters. The third-order valence-electron chi connectivity index (χ3n) is 1.87. The molecular weight excluding hydrogens is 225 g/mol. The second-order valence-electron chi connectivity index (χ2n) is 2.99. The van der Waals surface area contributed by atoms with Crippen molar-refractivity contribution in [3.05, 3.63) is 23.0 Å². The van der Waals surface area contributed by atoms with Gasteiger partial charge in [-0.15, -0.1) is 13.2 Å². The maximum atomic E-state index is 12.0. The molecule has 0 radical (unpaired) electrons. The van der Waals surface area contributed by atoms with Crippen molar-refractivity contribution < 1.29 is 22.7 Å². The lowest BCUT2D eigenvalue weighted by Gasteiger charge is -2.12. The van der Waals surface area contributed by atoms with Crippen molar-refractivity contribution in [3.63, 3.8) is 0 Å². The number of carbonyl (C=O) groups excluding carboxylic acids is 1. The summed E-state index contributed by atoms with van der Waals surface area (Å²) in [6, 6.07) is 1.07. The molecule has 0 aliphatic carbocycles. The van der Waals surface area contributed by atoms with E-state index in [1.165, 1.54) is 0 Å². The summed E-state index contributed by atoms with van der Waals surface area (Å²) in [7, 11) is 0. The minimum atomic E-state index is -4.86. The number of pyridine rings is 1. The van der Waals surface area contributed by atoms with Gasteiger partial charge in [0, 0.05) is 12.2 Å². The Morgan fingerprint density at radius 1 is 1.56 bits per heavy atom. The molecule has 7 heteroatoms. The monoisotopic (exact) mass is 234 g/mol. The van der Waals surface area contributed by atoms with Gasteiger partial charge in [0.15, 0.2) is 12.0 Å². The minimum Gasteiger partial charge on any atom is -0.403 e. The second-order valence-corrected chi connectivity index (χ2v) is 2.99. The Bertz CT molecular complexity index is 404. The van der Waals surface area contributed by atoms with Crippen LogP contribution in [-0.2, 0) is 6.54 Å². The van der Waals surface area contributed by atoms with Crippen LogP contribution in [0.2, 0.25) is 0 Å². The zero-order chi connectivity index (χ0) is 12.3. The van der Waals surface area contributed by atoms with E-state index in [2.05, 4.69) is 9.72 Å². The Hall–Kier alpha value is -1.63. The predicted octanol–water partition coefficient (Wildman–Crippen LogP) is 1.56. The van der Waals surface area contributed by atoms with Crippen molar-refractivity contribution in [2.75, 3.05) is 0 Å². The third-order valence-corrected chi connectivity index (χ3v) is 1.87. The van der Waals surface area contributed by atoms with E-state index in [4.69, 9.17) is 5.73 Å². The summed E-state index contributed by atoms with van der Waals surface area (Å²) in [6.45, 7) is 1.57. The van der Waals surface area contributed by atoms with E-state index in [-0.39, 0.29) is 12.8 Å². The van der Waals surface area contributed by atoms with E-state index < -0.39 is 17.8 Å². The summed E-state index contributed by atoms with van der Waals surface area (Å²) in [6.07, 6.45) is -4.66. The molecule has 1 aromatic rings. The van der Waals surface area contributed by atoms with Crippen molar-refractivity contribution in [1.82, 2.24) is 4.98 Å². The Balaban J connectivity index is 3.20. The molecule has 1 rings (SSSR count). The predicted molar refractivity (Wildman–Crippen MR) is 48.9 cm³/mol. The maximum absolute atomic E-state index is 12.0. The number of carbonyl (C=O) groups is 1. The van der Waals surface area contributed by atoms with Gasteiger partial charge in [0.05, 0.1) is 0 Å². The van der Waals surface area contributed by atoms with Gasteiger partial charge in [0.2, 0.25) is 0 Å². The molecule has 0 aliphatic rings. The highest BCUT2D eigenvalue weighted by molar-refractivity contribution is 5.76. The number of aromatic nitrogens is 1. The van der Waals surface area contributed by atoms with Gasteiger partial charge >= 0.3 is 6.36 Å². The van der Waals surface area contributed by atoms with E-state index >= 15 is 0 Å². The molecule has 0 bridgehead atoms. The molecule has 0 spiro atoms. The van der Waals surface area contributed by atoms with Gasteiger partial charge in [0.25, 0.3) is 0 Å². The standard InChI is InChI=1S/C9H9F3N2O2/c1-5-6(3-13)2-8(7(4-15)14-5)16-9(10,11)12/h2,4H,3,13H2,1H3. The lowest BCUT2D eigenvalue weighted by molar-refractivity contribution is -0.274. The number of nitrogens with zero attached hydrogens (tertiary/aromatic N) is 1. The van der Waals surface area contributed by atoms with Crippen molar-refractivity contribution in [2.45, 2.75) is 19.8 Å². The normalized spacial score (nSPS) is 11.3. The quantitative estimate of drug-likeness (QED) is 0.806. The first-order valence-electron chi connectivity index (χ1n) is 4.29. The number of alkyl halides is 3. The molecule has 0 aromatic carbocycles. The Morgan fingerprint density at radius 2 is 2.19 bits per heavy atom. The number of nitrogens with two attached hydrogens (primary N) is 1. The van der Waals surface area contributed by atoms with Crippen molar-refractivity contribution in [1.29, 1.82) is 0 Å². The van der Waals surface area contributed by atoms with E-state index in [1.807, 2.05) is 0 Å². The van der Waals surface area contributed by atoms with Crippen LogP contribution in [0, 0.1) is 6.92 Å². The van der Waals surface area contributed by atoms with Crippen molar-refractivity contribution >= 4 is 6.29 Å². The fourth-order valence-corrected chi connectivity index (χ4v) is 1.14. The molecule has 2 N–H and O–H groups in total. The Labute approximate surface area is 89.2 Å². The lowest BCUT2D eigenvalue weighted by atomic mass is 10.2. The van der Waals surface area contributed by atoms with E-state index in [0.29, 0.717) is 11.3 Å². The van der Waals surface area contributed by atoms with Gasteiger partial charge in [-0.2, -0.15) is 0 Å². The molecule has 16 heavy (non-hydrogen) atoms. The molecule has 4 nitrogen and oxygen atoms in total. The molecule has 0 atom stereocenters. The first-order chi connectivity index (χ1) is 7.37.